The number of hydrogen-bond donors (Lipinski definition) is 1. The van der Waals surface area contributed by atoms with Crippen LogP contribution in [0.3, 0.4) is 0 Å². The molecule has 0 aliphatic carbocycles. The maximum atomic E-state index is 13.8. The number of methoxy groups -OCH3 is 1. The molecule has 186 valence electrons. The molecule has 8 nitrogen and oxygen atoms in total. The van der Waals surface area contributed by atoms with Crippen LogP contribution in [-0.4, -0.2) is 57.6 Å². The first-order valence-corrected chi connectivity index (χ1v) is 12.8. The minimum absolute atomic E-state index is 0.0281. The number of hydrogen-bond acceptors (Lipinski definition) is 5. The number of sulfonamides is 1. The van der Waals surface area contributed by atoms with Crippen LogP contribution < -0.4 is 14.4 Å². The largest absolute Gasteiger partial charge is 0.497 e. The fourth-order valence-electron chi connectivity index (χ4n) is 3.29. The van der Waals surface area contributed by atoms with E-state index in [1.54, 1.807) is 38.3 Å². The molecule has 2 rings (SSSR count). The van der Waals surface area contributed by atoms with E-state index in [4.69, 9.17) is 4.74 Å². The van der Waals surface area contributed by atoms with Crippen LogP contribution >= 0.6 is 0 Å². The van der Waals surface area contributed by atoms with Gasteiger partial charge in [0, 0.05) is 13.1 Å². The van der Waals surface area contributed by atoms with Gasteiger partial charge in [-0.2, -0.15) is 0 Å². The Morgan fingerprint density at radius 3 is 2.38 bits per heavy atom. The van der Waals surface area contributed by atoms with Crippen LogP contribution in [0, 0.1) is 5.82 Å². The lowest BCUT2D eigenvalue weighted by Crippen LogP contribution is -2.51. The van der Waals surface area contributed by atoms with Gasteiger partial charge in [-0.05, 0) is 49.2 Å². The average Bonchev–Trinajstić information content (AvgIpc) is 2.80. The Morgan fingerprint density at radius 2 is 1.82 bits per heavy atom. The van der Waals surface area contributed by atoms with Crippen LogP contribution in [0.25, 0.3) is 0 Å². The number of ether oxygens (including phenoxy) is 1. The molecule has 1 N–H and O–H groups in total. The maximum absolute atomic E-state index is 13.8. The summed E-state index contributed by atoms with van der Waals surface area (Å²) in [5.74, 6) is -0.922. The number of nitrogens with one attached hydrogen (secondary N) is 1. The number of amides is 2. The van der Waals surface area contributed by atoms with Crippen LogP contribution in [-0.2, 0) is 26.2 Å². The van der Waals surface area contributed by atoms with E-state index in [9.17, 15) is 22.4 Å². The van der Waals surface area contributed by atoms with Crippen molar-refractivity contribution < 1.29 is 27.1 Å². The van der Waals surface area contributed by atoms with Crippen molar-refractivity contribution in [1.82, 2.24) is 10.2 Å². The molecule has 2 aromatic carbocycles. The molecule has 10 heteroatoms. The van der Waals surface area contributed by atoms with Gasteiger partial charge in [-0.1, -0.05) is 31.5 Å². The number of benzene rings is 2. The zero-order valence-corrected chi connectivity index (χ0v) is 20.8. The summed E-state index contributed by atoms with van der Waals surface area (Å²) in [6.45, 7) is 3.57. The van der Waals surface area contributed by atoms with Gasteiger partial charge >= 0.3 is 0 Å². The van der Waals surface area contributed by atoms with Gasteiger partial charge < -0.3 is 15.0 Å². The fraction of sp³-hybridized carbons (Fsp3) is 0.417. The second kappa shape index (κ2) is 12.4. The number of anilines is 1. The van der Waals surface area contributed by atoms with Gasteiger partial charge in [0.05, 0.1) is 19.1 Å². The van der Waals surface area contributed by atoms with Crippen molar-refractivity contribution in [2.45, 2.75) is 39.3 Å². The van der Waals surface area contributed by atoms with Crippen LogP contribution in [0.5, 0.6) is 5.75 Å². The smallest absolute Gasteiger partial charge is 0.244 e. The molecular weight excluding hydrogens is 461 g/mol. The van der Waals surface area contributed by atoms with Gasteiger partial charge in [0.1, 0.15) is 24.2 Å². The van der Waals surface area contributed by atoms with Crippen molar-refractivity contribution in [3.63, 3.8) is 0 Å². The predicted molar refractivity (Wildman–Crippen MR) is 130 cm³/mol. The van der Waals surface area contributed by atoms with E-state index in [1.807, 2.05) is 6.92 Å². The Hall–Kier alpha value is -3.14. The van der Waals surface area contributed by atoms with Crippen molar-refractivity contribution in [1.29, 1.82) is 0 Å². The lowest BCUT2D eigenvalue weighted by Gasteiger charge is -2.31. The van der Waals surface area contributed by atoms with Crippen LogP contribution in [0.15, 0.2) is 48.5 Å². The summed E-state index contributed by atoms with van der Waals surface area (Å²) >= 11 is 0. The second-order valence-electron chi connectivity index (χ2n) is 7.94. The van der Waals surface area contributed by atoms with Crippen molar-refractivity contribution in [3.05, 3.63) is 59.9 Å². The Bertz CT molecular complexity index is 1080. The Kier molecular flexibility index (Phi) is 9.85. The summed E-state index contributed by atoms with van der Waals surface area (Å²) in [7, 11) is -2.37. The number of carbonyl (C=O) groups is 2. The Labute approximate surface area is 200 Å². The lowest BCUT2D eigenvalue weighted by molar-refractivity contribution is -0.139. The third-order valence-corrected chi connectivity index (χ3v) is 6.42. The number of unbranched alkanes of at least 4 members (excludes halogenated alkanes) is 1. The van der Waals surface area contributed by atoms with E-state index in [0.717, 1.165) is 35.0 Å². The first kappa shape index (κ1) is 27.1. The number of rotatable bonds is 12. The lowest BCUT2D eigenvalue weighted by atomic mass is 10.1. The highest BCUT2D eigenvalue weighted by Crippen LogP contribution is 2.20. The standard InChI is InChI=1S/C24H32FN3O5S/c1-5-6-14-26-24(30)18(2)27(16-19-10-12-22(33-3)13-11-19)23(29)17-28(34(4,31)32)21-9-7-8-20(25)15-21/h7-13,15,18H,5-6,14,16-17H2,1-4H3,(H,26,30). The summed E-state index contributed by atoms with van der Waals surface area (Å²) in [5.41, 5.74) is 0.763. The molecule has 1 unspecified atom stereocenters. The molecule has 0 heterocycles. The summed E-state index contributed by atoms with van der Waals surface area (Å²) in [6.07, 6.45) is 2.65. The number of nitrogens with zero attached hydrogens (tertiary/aromatic N) is 2. The minimum Gasteiger partial charge on any atom is -0.497 e. The first-order valence-electron chi connectivity index (χ1n) is 11.0. The molecule has 1 atom stereocenters. The highest BCUT2D eigenvalue weighted by Gasteiger charge is 2.30. The highest BCUT2D eigenvalue weighted by molar-refractivity contribution is 7.92. The van der Waals surface area contributed by atoms with E-state index in [2.05, 4.69) is 5.32 Å². The molecule has 0 aliphatic rings. The van der Waals surface area contributed by atoms with E-state index in [0.29, 0.717) is 12.3 Å². The van der Waals surface area contributed by atoms with E-state index >= 15 is 0 Å². The van der Waals surface area contributed by atoms with Gasteiger partial charge in [-0.3, -0.25) is 13.9 Å². The topological polar surface area (TPSA) is 96.0 Å². The molecular formula is C24H32FN3O5S. The normalized spacial score (nSPS) is 12.0. The molecule has 34 heavy (non-hydrogen) atoms. The van der Waals surface area contributed by atoms with E-state index in [-0.39, 0.29) is 18.1 Å². The van der Waals surface area contributed by atoms with Gasteiger partial charge in [-0.25, -0.2) is 12.8 Å². The van der Waals surface area contributed by atoms with Crippen molar-refractivity contribution in [3.8, 4) is 5.75 Å². The molecule has 0 fully saturated rings. The molecule has 2 amide bonds. The highest BCUT2D eigenvalue weighted by atomic mass is 32.2. The third-order valence-electron chi connectivity index (χ3n) is 5.28. The molecule has 0 aliphatic heterocycles. The average molecular weight is 494 g/mol. The molecule has 0 saturated heterocycles. The van der Waals surface area contributed by atoms with Crippen LogP contribution in [0.2, 0.25) is 0 Å². The Balaban J connectivity index is 2.34. The number of carbonyl (C=O) groups excluding carboxylic acids is 2. The fourth-order valence-corrected chi connectivity index (χ4v) is 4.13. The van der Waals surface area contributed by atoms with Gasteiger partial charge in [0.25, 0.3) is 0 Å². The predicted octanol–water partition coefficient (Wildman–Crippen LogP) is 2.93. The molecule has 2 aromatic rings. The zero-order valence-electron chi connectivity index (χ0n) is 20.0. The van der Waals surface area contributed by atoms with Crippen LogP contribution in [0.4, 0.5) is 10.1 Å². The van der Waals surface area contributed by atoms with Gasteiger partial charge in [0.2, 0.25) is 21.8 Å². The van der Waals surface area contributed by atoms with Crippen molar-refractivity contribution in [2.75, 3.05) is 30.8 Å². The first-order chi connectivity index (χ1) is 16.1. The van der Waals surface area contributed by atoms with Gasteiger partial charge in [0.15, 0.2) is 0 Å². The molecule has 0 bridgehead atoms. The molecule has 0 saturated carbocycles. The molecule has 0 aromatic heterocycles. The van der Waals surface area contributed by atoms with Gasteiger partial charge in [-0.15, -0.1) is 0 Å². The van der Waals surface area contributed by atoms with Crippen molar-refractivity contribution >= 4 is 27.5 Å². The molecule has 0 radical (unpaired) electrons. The molecule has 0 spiro atoms. The van der Waals surface area contributed by atoms with Crippen LogP contribution in [0.1, 0.15) is 32.3 Å². The quantitative estimate of drug-likeness (QED) is 0.459. The Morgan fingerprint density at radius 1 is 1.15 bits per heavy atom. The SMILES string of the molecule is CCCCNC(=O)C(C)N(Cc1ccc(OC)cc1)C(=O)CN(c1cccc(F)c1)S(C)(=O)=O. The van der Waals surface area contributed by atoms with E-state index in [1.165, 1.54) is 23.1 Å². The summed E-state index contributed by atoms with van der Waals surface area (Å²) in [5, 5.41) is 2.81. The summed E-state index contributed by atoms with van der Waals surface area (Å²) in [4.78, 5) is 27.4. The number of halogens is 1. The van der Waals surface area contributed by atoms with E-state index < -0.39 is 34.3 Å². The monoisotopic (exact) mass is 493 g/mol. The summed E-state index contributed by atoms with van der Waals surface area (Å²) in [6, 6.07) is 11.1. The third kappa shape index (κ3) is 7.72. The summed E-state index contributed by atoms with van der Waals surface area (Å²) < 4.78 is 44.7. The van der Waals surface area contributed by atoms with Crippen molar-refractivity contribution in [2.24, 2.45) is 0 Å². The zero-order chi connectivity index (χ0) is 25.3. The minimum atomic E-state index is -3.91. The second-order valence-corrected chi connectivity index (χ2v) is 9.85. The maximum Gasteiger partial charge on any atom is 0.244 e.